The van der Waals surface area contributed by atoms with Crippen molar-refractivity contribution in [2.24, 2.45) is 22.7 Å². The third-order valence-corrected chi connectivity index (χ3v) is 7.68. The fourth-order valence-corrected chi connectivity index (χ4v) is 5.23. The van der Waals surface area contributed by atoms with E-state index in [1.807, 2.05) is 0 Å². The zero-order valence-electron chi connectivity index (χ0n) is 13.7. The lowest BCUT2D eigenvalue weighted by Gasteiger charge is -2.39. The minimum atomic E-state index is -3.36. The minimum absolute atomic E-state index is 0.0615. The number of fused-ring (bicyclic) bond motifs is 2. The second-order valence-corrected chi connectivity index (χ2v) is 10.8. The summed E-state index contributed by atoms with van der Waals surface area (Å²) in [6.45, 7) is 9.96. The van der Waals surface area contributed by atoms with Gasteiger partial charge in [-0.25, -0.2) is 8.42 Å². The van der Waals surface area contributed by atoms with E-state index in [-0.39, 0.29) is 5.75 Å². The number of hydrogen-bond acceptors (Lipinski definition) is 3. The molecule has 2 saturated carbocycles. The highest BCUT2D eigenvalue weighted by Crippen LogP contribution is 2.66. The van der Waals surface area contributed by atoms with Crippen LogP contribution < -0.4 is 0 Å². The first-order chi connectivity index (χ1) is 9.56. The lowest BCUT2D eigenvalue weighted by Crippen LogP contribution is -2.37. The van der Waals surface area contributed by atoms with E-state index in [0.717, 1.165) is 18.9 Å². The van der Waals surface area contributed by atoms with Gasteiger partial charge < -0.3 is 4.74 Å². The van der Waals surface area contributed by atoms with Crippen LogP contribution in [0.3, 0.4) is 0 Å². The molecule has 0 heterocycles. The second-order valence-electron chi connectivity index (χ2n) is 7.90. The van der Waals surface area contributed by atoms with Crippen LogP contribution in [0.1, 0.15) is 59.8 Å². The van der Waals surface area contributed by atoms with E-state index in [1.54, 1.807) is 0 Å². The van der Waals surface area contributed by atoms with Crippen molar-refractivity contribution in [1.29, 1.82) is 0 Å². The quantitative estimate of drug-likeness (QED) is 0.654. The summed E-state index contributed by atoms with van der Waals surface area (Å²) in [5.41, 5.74) is 0.691. The largest absolute Gasteiger partial charge is 0.378 e. The van der Waals surface area contributed by atoms with Crippen molar-refractivity contribution in [3.05, 3.63) is 0 Å². The van der Waals surface area contributed by atoms with Gasteiger partial charge in [-0.2, -0.15) is 0 Å². The molecule has 0 spiro atoms. The zero-order valence-corrected chi connectivity index (χ0v) is 15.3. The SMILES string of the molecule is CC(CCOC1CC2CCC1(C)C2(C)C)CCS(=O)(=O)Cl. The normalized spacial score (nSPS) is 36.0. The maximum absolute atomic E-state index is 11.0. The molecule has 2 rings (SSSR count). The highest BCUT2D eigenvalue weighted by atomic mass is 35.7. The van der Waals surface area contributed by atoms with Crippen molar-refractivity contribution in [2.45, 2.75) is 65.9 Å². The molecule has 2 aliphatic carbocycles. The Balaban J connectivity index is 1.75. The molecular weight excluding hydrogens is 308 g/mol. The van der Waals surface area contributed by atoms with E-state index in [9.17, 15) is 8.42 Å². The predicted molar refractivity (Wildman–Crippen MR) is 87.0 cm³/mol. The number of ether oxygens (including phenoxy) is 1. The molecule has 0 aliphatic heterocycles. The van der Waals surface area contributed by atoms with Gasteiger partial charge in [0.25, 0.3) is 0 Å². The van der Waals surface area contributed by atoms with E-state index in [2.05, 4.69) is 27.7 Å². The maximum atomic E-state index is 11.0. The van der Waals surface area contributed by atoms with E-state index >= 15 is 0 Å². The minimum Gasteiger partial charge on any atom is -0.378 e. The van der Waals surface area contributed by atoms with Gasteiger partial charge in [0, 0.05) is 17.3 Å². The maximum Gasteiger partial charge on any atom is 0.232 e. The van der Waals surface area contributed by atoms with Crippen LogP contribution in [0.5, 0.6) is 0 Å². The highest BCUT2D eigenvalue weighted by Gasteiger charge is 2.61. The van der Waals surface area contributed by atoms with Gasteiger partial charge in [-0.05, 0) is 54.8 Å². The first kappa shape index (κ1) is 17.6. The van der Waals surface area contributed by atoms with E-state index in [4.69, 9.17) is 15.4 Å². The van der Waals surface area contributed by atoms with Crippen LogP contribution >= 0.6 is 10.7 Å². The van der Waals surface area contributed by atoms with Gasteiger partial charge in [0.05, 0.1) is 11.9 Å². The number of hydrogen-bond donors (Lipinski definition) is 0. The summed E-state index contributed by atoms with van der Waals surface area (Å²) in [5.74, 6) is 1.19. The third-order valence-electron chi connectivity index (χ3n) is 6.50. The van der Waals surface area contributed by atoms with E-state index < -0.39 is 9.05 Å². The summed E-state index contributed by atoms with van der Waals surface area (Å²) in [4.78, 5) is 0. The Bertz CT molecular complexity index is 474. The van der Waals surface area contributed by atoms with Crippen molar-refractivity contribution < 1.29 is 13.2 Å². The van der Waals surface area contributed by atoms with Gasteiger partial charge >= 0.3 is 0 Å². The lowest BCUT2D eigenvalue weighted by molar-refractivity contribution is -0.0498. The summed E-state index contributed by atoms with van der Waals surface area (Å²) in [6.07, 6.45) is 5.70. The second kappa shape index (κ2) is 6.01. The molecule has 4 unspecified atom stereocenters. The van der Waals surface area contributed by atoms with Crippen molar-refractivity contribution in [2.75, 3.05) is 12.4 Å². The molecule has 3 nitrogen and oxygen atoms in total. The fourth-order valence-electron chi connectivity index (χ4n) is 4.28. The van der Waals surface area contributed by atoms with Crippen molar-refractivity contribution in [1.82, 2.24) is 0 Å². The molecular formula is C16H29ClO3S. The molecule has 2 fully saturated rings. The van der Waals surface area contributed by atoms with Gasteiger partial charge in [0.2, 0.25) is 9.05 Å². The highest BCUT2D eigenvalue weighted by molar-refractivity contribution is 8.13. The molecule has 0 aromatic heterocycles. The molecule has 21 heavy (non-hydrogen) atoms. The van der Waals surface area contributed by atoms with Crippen LogP contribution in [0.2, 0.25) is 0 Å². The molecule has 2 bridgehead atoms. The van der Waals surface area contributed by atoms with Crippen molar-refractivity contribution in [3.63, 3.8) is 0 Å². The van der Waals surface area contributed by atoms with Crippen LogP contribution in [0.25, 0.3) is 0 Å². The number of rotatable bonds is 7. The van der Waals surface area contributed by atoms with Crippen LogP contribution in [0.4, 0.5) is 0 Å². The zero-order chi connectivity index (χ0) is 15.9. The average Bonchev–Trinajstić information content (AvgIpc) is 2.68. The van der Waals surface area contributed by atoms with Crippen LogP contribution in [0.15, 0.2) is 0 Å². The number of halogens is 1. The molecule has 0 amide bonds. The molecule has 2 aliphatic rings. The van der Waals surface area contributed by atoms with Gasteiger partial charge in [-0.15, -0.1) is 0 Å². The monoisotopic (exact) mass is 336 g/mol. The summed E-state index contributed by atoms with van der Waals surface area (Å²) in [7, 11) is 1.89. The summed E-state index contributed by atoms with van der Waals surface area (Å²) >= 11 is 0. The molecule has 0 N–H and O–H groups in total. The summed E-state index contributed by atoms with van der Waals surface area (Å²) in [5, 5.41) is 0. The molecule has 0 aromatic rings. The first-order valence-corrected chi connectivity index (χ1v) is 10.6. The van der Waals surface area contributed by atoms with Crippen molar-refractivity contribution in [3.8, 4) is 0 Å². The Hall–Kier alpha value is 0.200. The standard InChI is InChI=1S/C16H29ClO3S/c1-12(7-10-21(17,18)19)6-9-20-14-11-13-5-8-16(14,4)15(13,2)3/h12-14H,5-11H2,1-4H3. The predicted octanol–water partition coefficient (Wildman–Crippen LogP) is 4.20. The lowest BCUT2D eigenvalue weighted by atomic mass is 9.70. The smallest absolute Gasteiger partial charge is 0.232 e. The Kier molecular flexibility index (Phi) is 5.02. The Labute approximate surface area is 134 Å². The Morgan fingerprint density at radius 3 is 2.43 bits per heavy atom. The van der Waals surface area contributed by atoms with Gasteiger partial charge in [0.15, 0.2) is 0 Å². The molecule has 4 atom stereocenters. The topological polar surface area (TPSA) is 43.4 Å². The van der Waals surface area contributed by atoms with E-state index in [1.165, 1.54) is 19.3 Å². The van der Waals surface area contributed by atoms with Crippen molar-refractivity contribution >= 4 is 19.7 Å². The van der Waals surface area contributed by atoms with Crippen LogP contribution in [-0.2, 0) is 13.8 Å². The Morgan fingerprint density at radius 1 is 1.29 bits per heavy atom. The molecule has 0 saturated heterocycles. The molecule has 0 radical (unpaired) electrons. The molecule has 5 heteroatoms. The van der Waals surface area contributed by atoms with Gasteiger partial charge in [0.1, 0.15) is 0 Å². The van der Waals surface area contributed by atoms with Gasteiger partial charge in [-0.1, -0.05) is 27.7 Å². The first-order valence-electron chi connectivity index (χ1n) is 8.10. The summed E-state index contributed by atoms with van der Waals surface area (Å²) < 4.78 is 28.1. The molecule has 124 valence electrons. The fraction of sp³-hybridized carbons (Fsp3) is 1.00. The van der Waals surface area contributed by atoms with Crippen LogP contribution in [0, 0.1) is 22.7 Å². The summed E-state index contributed by atoms with van der Waals surface area (Å²) in [6, 6.07) is 0. The van der Waals surface area contributed by atoms with Crippen LogP contribution in [-0.4, -0.2) is 26.9 Å². The van der Waals surface area contributed by atoms with Gasteiger partial charge in [-0.3, -0.25) is 0 Å². The Morgan fingerprint density at radius 2 is 1.95 bits per heavy atom. The molecule has 0 aromatic carbocycles. The average molecular weight is 337 g/mol. The van der Waals surface area contributed by atoms with E-state index in [0.29, 0.717) is 29.3 Å². The third kappa shape index (κ3) is 3.59.